The molecule has 0 aliphatic carbocycles. The number of hydrogen-bond acceptors (Lipinski definition) is 5. The lowest BCUT2D eigenvalue weighted by Crippen LogP contribution is -2.23. The minimum atomic E-state index is -0.836. The monoisotopic (exact) mass is 337 g/mol. The number of nitrogens with one attached hydrogen (secondary N) is 1. The average Bonchev–Trinajstić information content (AvgIpc) is 2.95. The van der Waals surface area contributed by atoms with E-state index in [4.69, 9.17) is 16.3 Å². The van der Waals surface area contributed by atoms with Crippen LogP contribution < -0.4 is 5.32 Å². The molecule has 0 radical (unpaired) electrons. The molecule has 0 saturated heterocycles. The molecule has 23 heavy (non-hydrogen) atoms. The minimum absolute atomic E-state index is 0.0752. The predicted octanol–water partition coefficient (Wildman–Crippen LogP) is 2.62. The summed E-state index contributed by atoms with van der Waals surface area (Å²) in [4.78, 5) is 23.7. The second-order valence-electron chi connectivity index (χ2n) is 5.04. The van der Waals surface area contributed by atoms with Crippen LogP contribution >= 0.6 is 11.6 Å². The summed E-state index contributed by atoms with van der Waals surface area (Å²) in [5, 5.41) is 16.6. The first-order chi connectivity index (χ1) is 10.9. The third kappa shape index (κ3) is 4.23. The van der Waals surface area contributed by atoms with Crippen molar-refractivity contribution in [2.24, 2.45) is 0 Å². The number of rotatable bonds is 5. The summed E-state index contributed by atoms with van der Waals surface area (Å²) in [6.07, 6.45) is 1.56. The summed E-state index contributed by atoms with van der Waals surface area (Å²) >= 11 is 5.76. The summed E-state index contributed by atoms with van der Waals surface area (Å²) < 4.78 is 6.50. The zero-order valence-corrected chi connectivity index (χ0v) is 13.4. The van der Waals surface area contributed by atoms with Crippen LogP contribution in [0, 0.1) is 0 Å². The maximum atomic E-state index is 11.9. The summed E-state index contributed by atoms with van der Waals surface area (Å²) in [5.74, 6) is -1.11. The second kappa shape index (κ2) is 7.15. The number of carbonyl (C=O) groups excluding carboxylic acids is 2. The Balaban J connectivity index is 1.95. The summed E-state index contributed by atoms with van der Waals surface area (Å²) in [6, 6.07) is 5.70. The molecule has 0 bridgehead atoms. The number of anilines is 1. The fourth-order valence-electron chi connectivity index (χ4n) is 1.88. The van der Waals surface area contributed by atoms with Crippen molar-refractivity contribution in [1.29, 1.82) is 0 Å². The third-order valence-electron chi connectivity index (χ3n) is 2.94. The Morgan fingerprint density at radius 2 is 2.13 bits per heavy atom. The Bertz CT molecular complexity index is 727. The zero-order chi connectivity index (χ0) is 17.0. The molecule has 2 aromatic rings. The number of hydrogen-bond donors (Lipinski definition) is 2. The number of carbonyl (C=O) groups is 2. The van der Waals surface area contributed by atoms with Crippen LogP contribution in [0.4, 0.5) is 5.82 Å². The molecule has 0 unspecified atom stereocenters. The molecule has 0 atom stereocenters. The van der Waals surface area contributed by atoms with Gasteiger partial charge in [-0.2, -0.15) is 5.10 Å². The highest BCUT2D eigenvalue weighted by atomic mass is 35.5. The lowest BCUT2D eigenvalue weighted by atomic mass is 10.2. The third-order valence-corrected chi connectivity index (χ3v) is 3.17. The van der Waals surface area contributed by atoms with Gasteiger partial charge >= 0.3 is 5.97 Å². The Hall–Kier alpha value is -2.54. The topological polar surface area (TPSA) is 93.5 Å². The van der Waals surface area contributed by atoms with E-state index in [2.05, 4.69) is 10.4 Å². The van der Waals surface area contributed by atoms with E-state index in [1.165, 1.54) is 18.2 Å². The molecular weight excluding hydrogens is 322 g/mol. The number of phenols is 1. The molecule has 122 valence electrons. The first kappa shape index (κ1) is 16.8. The van der Waals surface area contributed by atoms with Gasteiger partial charge in [-0.15, -0.1) is 0 Å². The quantitative estimate of drug-likeness (QED) is 0.818. The van der Waals surface area contributed by atoms with Crippen LogP contribution in [0.1, 0.15) is 30.2 Å². The molecule has 0 saturated carbocycles. The van der Waals surface area contributed by atoms with Gasteiger partial charge in [-0.25, -0.2) is 9.48 Å². The molecule has 0 aliphatic heterocycles. The van der Waals surface area contributed by atoms with Crippen molar-refractivity contribution < 1.29 is 19.4 Å². The van der Waals surface area contributed by atoms with E-state index in [0.29, 0.717) is 5.82 Å². The van der Waals surface area contributed by atoms with Gasteiger partial charge in [-0.3, -0.25) is 4.79 Å². The molecule has 8 heteroatoms. The number of phenolic OH excluding ortho intramolecular Hbond substituents is 1. The van der Waals surface area contributed by atoms with E-state index in [0.717, 1.165) is 0 Å². The van der Waals surface area contributed by atoms with Crippen molar-refractivity contribution in [3.05, 3.63) is 41.0 Å². The van der Waals surface area contributed by atoms with Gasteiger partial charge in [0.25, 0.3) is 5.91 Å². The Morgan fingerprint density at radius 3 is 2.83 bits per heavy atom. The van der Waals surface area contributed by atoms with Crippen LogP contribution in [0.25, 0.3) is 0 Å². The first-order valence-electron chi connectivity index (χ1n) is 6.87. The number of aromatic hydroxyl groups is 1. The number of ether oxygens (including phenoxy) is 1. The molecule has 0 spiro atoms. The number of esters is 1. The minimum Gasteiger partial charge on any atom is -0.507 e. The van der Waals surface area contributed by atoms with Gasteiger partial charge in [0.15, 0.2) is 6.61 Å². The van der Waals surface area contributed by atoms with Gasteiger partial charge in [-0.1, -0.05) is 11.6 Å². The van der Waals surface area contributed by atoms with Gasteiger partial charge in [0.05, 0.1) is 6.20 Å². The van der Waals surface area contributed by atoms with Crippen LogP contribution in [0.5, 0.6) is 5.75 Å². The van der Waals surface area contributed by atoms with Crippen molar-refractivity contribution in [2.75, 3.05) is 11.9 Å². The largest absolute Gasteiger partial charge is 0.507 e. The molecule has 2 N–H and O–H groups in total. The highest BCUT2D eigenvalue weighted by Crippen LogP contribution is 2.22. The summed E-state index contributed by atoms with van der Waals surface area (Å²) in [7, 11) is 0. The predicted molar refractivity (Wildman–Crippen MR) is 84.6 cm³/mol. The molecule has 2 rings (SSSR count). The first-order valence-corrected chi connectivity index (χ1v) is 7.25. The van der Waals surface area contributed by atoms with Gasteiger partial charge in [-0.05, 0) is 32.0 Å². The van der Waals surface area contributed by atoms with Crippen LogP contribution in [-0.4, -0.2) is 33.4 Å². The fourth-order valence-corrected chi connectivity index (χ4v) is 2.06. The molecule has 7 nitrogen and oxygen atoms in total. The van der Waals surface area contributed by atoms with E-state index in [1.807, 2.05) is 13.8 Å². The van der Waals surface area contributed by atoms with Crippen LogP contribution in [0.15, 0.2) is 30.5 Å². The molecule has 1 heterocycles. The second-order valence-corrected chi connectivity index (χ2v) is 5.48. The highest BCUT2D eigenvalue weighted by molar-refractivity contribution is 6.31. The Labute approximate surface area is 137 Å². The molecule has 1 aromatic heterocycles. The summed E-state index contributed by atoms with van der Waals surface area (Å²) in [5.41, 5.74) is -0.0995. The zero-order valence-electron chi connectivity index (χ0n) is 12.6. The van der Waals surface area contributed by atoms with Crippen molar-refractivity contribution in [3.8, 4) is 5.75 Å². The van der Waals surface area contributed by atoms with E-state index >= 15 is 0 Å². The maximum Gasteiger partial charge on any atom is 0.342 e. The number of nitrogens with zero attached hydrogens (tertiary/aromatic N) is 2. The van der Waals surface area contributed by atoms with E-state index in [1.54, 1.807) is 16.9 Å². The lowest BCUT2D eigenvalue weighted by molar-refractivity contribution is -0.119. The van der Waals surface area contributed by atoms with Gasteiger partial charge in [0.1, 0.15) is 17.1 Å². The molecule has 0 fully saturated rings. The van der Waals surface area contributed by atoms with E-state index in [-0.39, 0.29) is 22.4 Å². The average molecular weight is 338 g/mol. The van der Waals surface area contributed by atoms with Crippen molar-refractivity contribution in [1.82, 2.24) is 9.78 Å². The van der Waals surface area contributed by atoms with Crippen LogP contribution in [0.2, 0.25) is 5.02 Å². The normalized spacial score (nSPS) is 10.6. The van der Waals surface area contributed by atoms with Crippen molar-refractivity contribution in [2.45, 2.75) is 19.9 Å². The van der Waals surface area contributed by atoms with E-state index in [9.17, 15) is 14.7 Å². The Morgan fingerprint density at radius 1 is 1.39 bits per heavy atom. The molecule has 0 aliphatic rings. The lowest BCUT2D eigenvalue weighted by Gasteiger charge is -2.12. The van der Waals surface area contributed by atoms with Crippen LogP contribution in [-0.2, 0) is 9.53 Å². The maximum absolute atomic E-state index is 11.9. The molecular formula is C15H16ClN3O4. The van der Waals surface area contributed by atoms with E-state index < -0.39 is 18.5 Å². The van der Waals surface area contributed by atoms with Crippen molar-refractivity contribution in [3.63, 3.8) is 0 Å². The number of aromatic nitrogens is 2. The van der Waals surface area contributed by atoms with Gasteiger partial charge in [0, 0.05) is 17.1 Å². The van der Waals surface area contributed by atoms with Crippen LogP contribution in [0.3, 0.4) is 0 Å². The smallest absolute Gasteiger partial charge is 0.342 e. The standard InChI is InChI=1S/C15H16ClN3O4/c1-9(2)19-13(5-6-17-19)18-14(21)8-23-15(22)11-7-10(16)3-4-12(11)20/h3-7,9,20H,8H2,1-2H3,(H,18,21). The summed E-state index contributed by atoms with van der Waals surface area (Å²) in [6.45, 7) is 3.35. The molecule has 1 aromatic carbocycles. The fraction of sp³-hybridized carbons (Fsp3) is 0.267. The van der Waals surface area contributed by atoms with Gasteiger partial charge in [0.2, 0.25) is 0 Å². The van der Waals surface area contributed by atoms with Gasteiger partial charge < -0.3 is 15.2 Å². The SMILES string of the molecule is CC(C)n1nccc1NC(=O)COC(=O)c1cc(Cl)ccc1O. The Kier molecular flexibility index (Phi) is 5.23. The molecule has 1 amide bonds. The highest BCUT2D eigenvalue weighted by Gasteiger charge is 2.16. The number of halogens is 1. The van der Waals surface area contributed by atoms with Crippen molar-refractivity contribution >= 4 is 29.3 Å². The number of amides is 1. The number of benzene rings is 1.